The number of hydrogen-bond acceptors (Lipinski definition) is 5. The van der Waals surface area contributed by atoms with Crippen LogP contribution >= 0.6 is 11.6 Å². The summed E-state index contributed by atoms with van der Waals surface area (Å²) in [6.45, 7) is 3.07. The molecular formula is C12H14ClNO6S. The maximum absolute atomic E-state index is 12.1. The number of benzene rings is 1. The fourth-order valence-electron chi connectivity index (χ4n) is 1.45. The van der Waals surface area contributed by atoms with Crippen LogP contribution in [0.3, 0.4) is 0 Å². The number of carboxylic acids is 1. The van der Waals surface area contributed by atoms with E-state index < -0.39 is 28.0 Å². The molecule has 2 N–H and O–H groups in total. The van der Waals surface area contributed by atoms with Crippen LogP contribution in [-0.2, 0) is 19.6 Å². The zero-order chi connectivity index (χ0) is 16.2. The number of esters is 1. The zero-order valence-electron chi connectivity index (χ0n) is 11.3. The van der Waals surface area contributed by atoms with Gasteiger partial charge in [0.05, 0.1) is 22.1 Å². The first-order chi connectivity index (χ1) is 9.69. The van der Waals surface area contributed by atoms with E-state index in [9.17, 15) is 18.0 Å². The van der Waals surface area contributed by atoms with Gasteiger partial charge in [0.1, 0.15) is 6.04 Å². The first-order valence-corrected chi connectivity index (χ1v) is 7.77. The van der Waals surface area contributed by atoms with E-state index >= 15 is 0 Å². The van der Waals surface area contributed by atoms with Gasteiger partial charge in [-0.3, -0.25) is 4.79 Å². The van der Waals surface area contributed by atoms with E-state index in [-0.39, 0.29) is 22.1 Å². The van der Waals surface area contributed by atoms with Crippen LogP contribution in [-0.4, -0.2) is 38.1 Å². The Hall–Kier alpha value is -1.64. The predicted octanol–water partition coefficient (Wildman–Crippen LogP) is 1.27. The summed E-state index contributed by atoms with van der Waals surface area (Å²) in [6.07, 6.45) is 0. The van der Waals surface area contributed by atoms with Crippen LogP contribution in [0.5, 0.6) is 0 Å². The molecular weight excluding hydrogens is 322 g/mol. The number of ether oxygens (including phenoxy) is 1. The molecule has 1 rings (SSSR count). The van der Waals surface area contributed by atoms with Crippen molar-refractivity contribution in [3.05, 3.63) is 28.8 Å². The van der Waals surface area contributed by atoms with Gasteiger partial charge in [-0.1, -0.05) is 11.6 Å². The summed E-state index contributed by atoms with van der Waals surface area (Å²) in [4.78, 5) is 22.0. The topological polar surface area (TPSA) is 110 Å². The lowest BCUT2D eigenvalue weighted by Crippen LogP contribution is -2.39. The summed E-state index contributed by atoms with van der Waals surface area (Å²) >= 11 is 5.71. The molecule has 9 heteroatoms. The molecule has 1 aromatic rings. The Morgan fingerprint density at radius 2 is 2.05 bits per heavy atom. The molecule has 1 atom stereocenters. The van der Waals surface area contributed by atoms with Crippen molar-refractivity contribution in [3.63, 3.8) is 0 Å². The second-order valence-electron chi connectivity index (χ2n) is 4.04. The normalized spacial score (nSPS) is 12.7. The smallest absolute Gasteiger partial charge is 0.337 e. The van der Waals surface area contributed by atoms with E-state index in [2.05, 4.69) is 4.72 Å². The van der Waals surface area contributed by atoms with Crippen LogP contribution in [0.15, 0.2) is 23.1 Å². The molecule has 0 aliphatic heterocycles. The summed E-state index contributed by atoms with van der Waals surface area (Å²) in [7, 11) is -4.02. The minimum absolute atomic E-state index is 0.129. The van der Waals surface area contributed by atoms with Crippen molar-refractivity contribution in [1.82, 2.24) is 4.72 Å². The maximum atomic E-state index is 12.1. The average molecular weight is 336 g/mol. The van der Waals surface area contributed by atoms with Gasteiger partial charge in [-0.25, -0.2) is 13.2 Å². The van der Waals surface area contributed by atoms with Crippen LogP contribution in [0, 0.1) is 0 Å². The van der Waals surface area contributed by atoms with Crippen molar-refractivity contribution in [2.45, 2.75) is 24.8 Å². The Morgan fingerprint density at radius 3 is 2.52 bits per heavy atom. The van der Waals surface area contributed by atoms with Crippen LogP contribution in [0.25, 0.3) is 0 Å². The highest BCUT2D eigenvalue weighted by molar-refractivity contribution is 7.89. The third-order valence-electron chi connectivity index (χ3n) is 2.45. The number of nitrogens with one attached hydrogen (secondary N) is 1. The number of carbonyl (C=O) groups is 2. The third-order valence-corrected chi connectivity index (χ3v) is 4.30. The van der Waals surface area contributed by atoms with Crippen molar-refractivity contribution < 1.29 is 27.9 Å². The first kappa shape index (κ1) is 17.4. The highest BCUT2D eigenvalue weighted by Crippen LogP contribution is 2.21. The molecule has 1 unspecified atom stereocenters. The Bertz CT molecular complexity index is 658. The van der Waals surface area contributed by atoms with Crippen LogP contribution in [0.2, 0.25) is 5.02 Å². The van der Waals surface area contributed by atoms with E-state index in [0.29, 0.717) is 0 Å². The lowest BCUT2D eigenvalue weighted by molar-refractivity contribution is -0.144. The van der Waals surface area contributed by atoms with Gasteiger partial charge in [0.15, 0.2) is 0 Å². The summed E-state index contributed by atoms with van der Waals surface area (Å²) in [5.41, 5.74) is -0.214. The highest BCUT2D eigenvalue weighted by atomic mass is 35.5. The van der Waals surface area contributed by atoms with Gasteiger partial charge < -0.3 is 9.84 Å². The summed E-state index contributed by atoms with van der Waals surface area (Å²) in [5, 5.41) is 8.61. The van der Waals surface area contributed by atoms with Gasteiger partial charge in [0.2, 0.25) is 10.0 Å². The van der Waals surface area contributed by atoms with E-state index in [1.807, 2.05) is 0 Å². The van der Waals surface area contributed by atoms with Crippen LogP contribution < -0.4 is 4.72 Å². The monoisotopic (exact) mass is 335 g/mol. The Kier molecular flexibility index (Phi) is 5.70. The molecule has 0 aliphatic rings. The van der Waals surface area contributed by atoms with E-state index in [1.54, 1.807) is 6.92 Å². The lowest BCUT2D eigenvalue weighted by Gasteiger charge is -2.13. The SMILES string of the molecule is CCOC(=O)C(C)NS(=O)(=O)c1ccc(C(=O)O)c(Cl)c1. The molecule has 0 heterocycles. The molecule has 0 aliphatic carbocycles. The molecule has 0 saturated heterocycles. The number of sulfonamides is 1. The first-order valence-electron chi connectivity index (χ1n) is 5.91. The number of carboxylic acid groups (broad SMARTS) is 1. The molecule has 0 fully saturated rings. The van der Waals surface area contributed by atoms with Gasteiger partial charge in [-0.15, -0.1) is 0 Å². The largest absolute Gasteiger partial charge is 0.478 e. The molecule has 0 spiro atoms. The Morgan fingerprint density at radius 1 is 1.43 bits per heavy atom. The maximum Gasteiger partial charge on any atom is 0.337 e. The van der Waals surface area contributed by atoms with Gasteiger partial charge in [-0.2, -0.15) is 4.72 Å². The molecule has 0 aromatic heterocycles. The second kappa shape index (κ2) is 6.88. The van der Waals surface area contributed by atoms with Gasteiger partial charge in [0, 0.05) is 0 Å². The van der Waals surface area contributed by atoms with Gasteiger partial charge in [0.25, 0.3) is 0 Å². The predicted molar refractivity (Wildman–Crippen MR) is 74.8 cm³/mol. The molecule has 1 aromatic carbocycles. The zero-order valence-corrected chi connectivity index (χ0v) is 12.9. The molecule has 116 valence electrons. The lowest BCUT2D eigenvalue weighted by atomic mass is 10.2. The molecule has 0 amide bonds. The second-order valence-corrected chi connectivity index (χ2v) is 6.16. The van der Waals surface area contributed by atoms with Crippen molar-refractivity contribution in [2.75, 3.05) is 6.61 Å². The van der Waals surface area contributed by atoms with E-state index in [4.69, 9.17) is 21.4 Å². The quantitative estimate of drug-likeness (QED) is 0.757. The third kappa shape index (κ3) is 4.42. The van der Waals surface area contributed by atoms with Crippen molar-refractivity contribution in [2.24, 2.45) is 0 Å². The average Bonchev–Trinajstić information content (AvgIpc) is 2.37. The fourth-order valence-corrected chi connectivity index (χ4v) is 3.00. The fraction of sp³-hybridized carbons (Fsp3) is 0.333. The summed E-state index contributed by atoms with van der Waals surface area (Å²) in [5.74, 6) is -1.98. The van der Waals surface area contributed by atoms with Crippen molar-refractivity contribution in [1.29, 1.82) is 0 Å². The molecule has 0 bridgehead atoms. The number of halogens is 1. The number of aromatic carboxylic acids is 1. The van der Waals surface area contributed by atoms with E-state index in [0.717, 1.165) is 18.2 Å². The summed E-state index contributed by atoms with van der Waals surface area (Å²) in [6, 6.07) is 2.10. The molecule has 7 nitrogen and oxygen atoms in total. The van der Waals surface area contributed by atoms with Crippen molar-refractivity contribution in [3.8, 4) is 0 Å². The molecule has 0 saturated carbocycles. The highest BCUT2D eigenvalue weighted by Gasteiger charge is 2.24. The number of rotatable bonds is 6. The standard InChI is InChI=1S/C12H14ClNO6S/c1-3-20-12(17)7(2)14-21(18,19)8-4-5-9(11(15)16)10(13)6-8/h4-7,14H,3H2,1-2H3,(H,15,16). The van der Waals surface area contributed by atoms with Gasteiger partial charge >= 0.3 is 11.9 Å². The molecule has 0 radical (unpaired) electrons. The number of hydrogen-bond donors (Lipinski definition) is 2. The Labute approximate surface area is 126 Å². The number of carbonyl (C=O) groups excluding carboxylic acids is 1. The summed E-state index contributed by atoms with van der Waals surface area (Å²) < 4.78 is 30.9. The molecule has 21 heavy (non-hydrogen) atoms. The minimum Gasteiger partial charge on any atom is -0.478 e. The van der Waals surface area contributed by atoms with Crippen molar-refractivity contribution >= 4 is 33.6 Å². The van der Waals surface area contributed by atoms with Gasteiger partial charge in [-0.05, 0) is 32.0 Å². The van der Waals surface area contributed by atoms with E-state index in [1.165, 1.54) is 6.92 Å². The van der Waals surface area contributed by atoms with Crippen LogP contribution in [0.4, 0.5) is 0 Å². The van der Waals surface area contributed by atoms with Crippen LogP contribution in [0.1, 0.15) is 24.2 Å². The minimum atomic E-state index is -4.02. The Balaban J connectivity index is 3.01.